The van der Waals surface area contributed by atoms with Crippen molar-refractivity contribution < 1.29 is 18.7 Å². The molecule has 3 aromatic rings. The van der Waals surface area contributed by atoms with Crippen molar-refractivity contribution in [3.8, 4) is 11.3 Å². The molecule has 0 aliphatic carbocycles. The van der Waals surface area contributed by atoms with Gasteiger partial charge in [0.25, 0.3) is 0 Å². The first-order valence-corrected chi connectivity index (χ1v) is 12.3. The molecule has 3 heterocycles. The first-order chi connectivity index (χ1) is 16.4. The second-order valence-corrected chi connectivity index (χ2v) is 9.41. The number of rotatable bonds is 7. The van der Waals surface area contributed by atoms with Gasteiger partial charge in [-0.15, -0.1) is 11.3 Å². The van der Waals surface area contributed by atoms with E-state index in [1.54, 1.807) is 31.5 Å². The van der Waals surface area contributed by atoms with Crippen LogP contribution in [0.4, 0.5) is 10.2 Å². The quantitative estimate of drug-likeness (QED) is 0.335. The van der Waals surface area contributed by atoms with Crippen LogP contribution in [0.1, 0.15) is 40.8 Å². The van der Waals surface area contributed by atoms with E-state index in [1.807, 2.05) is 0 Å². The number of piperidine rings is 1. The molecule has 4 rings (SSSR count). The normalized spacial score (nSPS) is 14.3. The molecule has 0 unspecified atom stereocenters. The number of hydrogen-bond donors (Lipinski definition) is 0. The topological polar surface area (TPSA) is 85.3 Å². The van der Waals surface area contributed by atoms with E-state index in [2.05, 4.69) is 19.9 Å². The van der Waals surface area contributed by atoms with Gasteiger partial charge in [-0.2, -0.15) is 0 Å². The van der Waals surface area contributed by atoms with Crippen LogP contribution in [0.5, 0.6) is 0 Å². The van der Waals surface area contributed by atoms with Gasteiger partial charge in [0, 0.05) is 34.6 Å². The molecule has 0 bridgehead atoms. The van der Waals surface area contributed by atoms with Gasteiger partial charge in [0.15, 0.2) is 5.78 Å². The number of esters is 1. The van der Waals surface area contributed by atoms with Crippen LogP contribution in [0.25, 0.3) is 11.3 Å². The lowest BCUT2D eigenvalue weighted by Crippen LogP contribution is -2.37. The van der Waals surface area contributed by atoms with Crippen molar-refractivity contribution in [2.45, 2.75) is 33.1 Å². The highest BCUT2D eigenvalue weighted by Crippen LogP contribution is 2.29. The molecule has 2 aromatic heterocycles. The molecular weight excluding hydrogens is 479 g/mol. The Bertz CT molecular complexity index is 1170. The number of hydrogen-bond acceptors (Lipinski definition) is 8. The predicted octanol–water partition coefficient (Wildman–Crippen LogP) is 4.91. The number of carbonyl (C=O) groups excluding carboxylic acids is 2. The Kier molecular flexibility index (Phi) is 7.53. The third-order valence-corrected chi connectivity index (χ3v) is 7.04. The zero-order valence-corrected chi connectivity index (χ0v) is 20.5. The van der Waals surface area contributed by atoms with Gasteiger partial charge in [-0.3, -0.25) is 9.59 Å². The molecule has 34 heavy (non-hydrogen) atoms. The Morgan fingerprint density at radius 1 is 1.24 bits per heavy atom. The van der Waals surface area contributed by atoms with Gasteiger partial charge < -0.3 is 9.64 Å². The van der Waals surface area contributed by atoms with Gasteiger partial charge in [-0.1, -0.05) is 11.6 Å². The number of halogens is 2. The molecule has 1 aliphatic heterocycles. The molecule has 0 atom stereocenters. The van der Waals surface area contributed by atoms with Crippen LogP contribution in [0.3, 0.4) is 0 Å². The second kappa shape index (κ2) is 10.6. The van der Waals surface area contributed by atoms with Gasteiger partial charge in [0.2, 0.25) is 0 Å². The molecule has 1 aromatic carbocycles. The average Bonchev–Trinajstić information content (AvgIpc) is 3.31. The minimum Gasteiger partial charge on any atom is -0.466 e. The van der Waals surface area contributed by atoms with Crippen molar-refractivity contribution in [1.29, 1.82) is 0 Å². The Morgan fingerprint density at radius 3 is 2.65 bits per heavy atom. The monoisotopic (exact) mass is 502 g/mol. The largest absolute Gasteiger partial charge is 0.466 e. The van der Waals surface area contributed by atoms with Gasteiger partial charge in [-0.25, -0.2) is 19.3 Å². The van der Waals surface area contributed by atoms with Crippen molar-refractivity contribution in [2.75, 3.05) is 24.6 Å². The van der Waals surface area contributed by atoms with Crippen LogP contribution in [0.15, 0.2) is 29.9 Å². The lowest BCUT2D eigenvalue weighted by molar-refractivity contribution is -0.148. The summed E-state index contributed by atoms with van der Waals surface area (Å²) < 4.78 is 19.1. The zero-order valence-electron chi connectivity index (χ0n) is 18.9. The molecule has 0 saturated carbocycles. The van der Waals surface area contributed by atoms with Gasteiger partial charge in [-0.05, 0) is 38.8 Å². The lowest BCUT2D eigenvalue weighted by Gasteiger charge is -2.31. The van der Waals surface area contributed by atoms with Crippen LogP contribution in [0, 0.1) is 18.7 Å². The third-order valence-electron chi connectivity index (χ3n) is 5.80. The van der Waals surface area contributed by atoms with E-state index in [0.29, 0.717) is 65.2 Å². The Morgan fingerprint density at radius 2 is 2.00 bits per heavy atom. The molecule has 0 N–H and O–H groups in total. The number of ketones is 1. The van der Waals surface area contributed by atoms with Crippen LogP contribution in [-0.4, -0.2) is 46.4 Å². The van der Waals surface area contributed by atoms with E-state index in [4.69, 9.17) is 16.3 Å². The molecule has 0 amide bonds. The molecule has 178 valence electrons. The van der Waals surface area contributed by atoms with E-state index >= 15 is 0 Å². The molecule has 7 nitrogen and oxygen atoms in total. The van der Waals surface area contributed by atoms with Crippen molar-refractivity contribution >= 4 is 40.5 Å². The van der Waals surface area contributed by atoms with E-state index in [0.717, 1.165) is 0 Å². The molecule has 10 heteroatoms. The first kappa shape index (κ1) is 24.2. The number of ether oxygens (including phenoxy) is 1. The summed E-state index contributed by atoms with van der Waals surface area (Å²) in [6, 6.07) is 3.06. The first-order valence-electron chi connectivity index (χ1n) is 11.0. The predicted molar refractivity (Wildman–Crippen MR) is 129 cm³/mol. The van der Waals surface area contributed by atoms with Crippen molar-refractivity contribution in [2.24, 2.45) is 5.92 Å². The minimum absolute atomic E-state index is 0.0751. The summed E-state index contributed by atoms with van der Waals surface area (Å²) >= 11 is 7.41. The van der Waals surface area contributed by atoms with E-state index in [1.165, 1.54) is 23.6 Å². The zero-order chi connectivity index (χ0) is 24.2. The Balaban J connectivity index is 1.36. The summed E-state index contributed by atoms with van der Waals surface area (Å²) in [4.78, 5) is 39.8. The minimum atomic E-state index is -0.395. The van der Waals surface area contributed by atoms with Crippen LogP contribution in [0.2, 0.25) is 5.02 Å². The Hall–Kier alpha value is -2.91. The molecular formula is C24H24ClFN4O3S. The molecule has 0 spiro atoms. The summed E-state index contributed by atoms with van der Waals surface area (Å²) in [6.45, 7) is 5.17. The molecule has 1 saturated heterocycles. The van der Waals surface area contributed by atoms with Gasteiger partial charge >= 0.3 is 5.97 Å². The second-order valence-electron chi connectivity index (χ2n) is 8.06. The number of carbonyl (C=O) groups is 2. The van der Waals surface area contributed by atoms with Crippen molar-refractivity contribution in [3.63, 3.8) is 0 Å². The fourth-order valence-electron chi connectivity index (χ4n) is 3.78. The summed E-state index contributed by atoms with van der Waals surface area (Å²) in [6.07, 6.45) is 4.53. The fourth-order valence-corrected chi connectivity index (χ4v) is 4.79. The number of aromatic nitrogens is 3. The van der Waals surface area contributed by atoms with E-state index in [-0.39, 0.29) is 29.8 Å². The average molecular weight is 503 g/mol. The number of benzene rings is 1. The number of thiazole rings is 1. The summed E-state index contributed by atoms with van der Waals surface area (Å²) in [5, 5.41) is 2.71. The van der Waals surface area contributed by atoms with Crippen LogP contribution in [-0.2, 0) is 16.0 Å². The number of nitrogens with zero attached hydrogens (tertiary/aromatic N) is 4. The molecule has 1 aliphatic rings. The van der Waals surface area contributed by atoms with E-state index < -0.39 is 5.82 Å². The maximum atomic E-state index is 14.0. The van der Waals surface area contributed by atoms with E-state index in [9.17, 15) is 14.0 Å². The summed E-state index contributed by atoms with van der Waals surface area (Å²) in [5.41, 5.74) is 1.79. The van der Waals surface area contributed by atoms with Gasteiger partial charge in [0.05, 0.1) is 37.0 Å². The summed E-state index contributed by atoms with van der Waals surface area (Å²) in [5.74, 6) is -0.146. The van der Waals surface area contributed by atoms with Crippen molar-refractivity contribution in [3.05, 3.63) is 57.0 Å². The highest BCUT2D eigenvalue weighted by molar-refractivity contribution is 7.10. The highest BCUT2D eigenvalue weighted by atomic mass is 35.5. The summed E-state index contributed by atoms with van der Waals surface area (Å²) in [7, 11) is 0. The molecule has 0 radical (unpaired) electrons. The smallest absolute Gasteiger partial charge is 0.309 e. The third kappa shape index (κ3) is 5.42. The molecule has 1 fully saturated rings. The van der Waals surface area contributed by atoms with Crippen molar-refractivity contribution in [1.82, 2.24) is 15.0 Å². The standard InChI is InChI=1S/C24H24ClFN4O3S/c1-3-33-24(32)15-4-6-30(7-5-15)22-12-27-19(11-28-22)21(31)10-23-29-20(13-34-23)16-8-17(25)14(2)18(26)9-16/h8-9,11-13,15H,3-7,10H2,1-2H3. The maximum Gasteiger partial charge on any atom is 0.309 e. The SMILES string of the molecule is CCOC(=O)C1CCN(c2cnc(C(=O)Cc3nc(-c4cc(F)c(C)c(Cl)c4)cs3)cn2)CC1. The Labute approximate surface area is 206 Å². The van der Waals surface area contributed by atoms with Crippen LogP contribution >= 0.6 is 22.9 Å². The lowest BCUT2D eigenvalue weighted by atomic mass is 9.97. The fraction of sp³-hybridized carbons (Fsp3) is 0.375. The number of anilines is 1. The van der Waals surface area contributed by atoms with Gasteiger partial charge in [0.1, 0.15) is 22.3 Å². The van der Waals surface area contributed by atoms with Crippen LogP contribution < -0.4 is 4.90 Å². The maximum absolute atomic E-state index is 14.0. The number of Topliss-reactive ketones (excluding diaryl/α,β-unsaturated/α-hetero) is 1. The highest BCUT2D eigenvalue weighted by Gasteiger charge is 2.26.